The van der Waals surface area contributed by atoms with Crippen LogP contribution in [0.5, 0.6) is 5.75 Å². The van der Waals surface area contributed by atoms with Crippen molar-refractivity contribution >= 4 is 12.2 Å². The number of H-pyrrole nitrogens is 1. The standard InChI is InChI=1S/C12H12FN3OS/c1-17-10-6-7(2-5-9(10)13)11-14-15-12(18)16(11)8-3-4-8/h2,5-6,8H,3-4H2,1H3,(H,15,18). The van der Waals surface area contributed by atoms with Gasteiger partial charge in [0.25, 0.3) is 0 Å². The third-order valence-electron chi connectivity index (χ3n) is 3.03. The highest BCUT2D eigenvalue weighted by Crippen LogP contribution is 2.38. The maximum atomic E-state index is 13.4. The molecule has 94 valence electrons. The fourth-order valence-electron chi connectivity index (χ4n) is 1.98. The Kier molecular flexibility index (Phi) is 2.66. The third-order valence-corrected chi connectivity index (χ3v) is 3.31. The van der Waals surface area contributed by atoms with Gasteiger partial charge in [-0.05, 0) is 43.3 Å². The van der Waals surface area contributed by atoms with Crippen molar-refractivity contribution in [1.82, 2.24) is 14.8 Å². The van der Waals surface area contributed by atoms with Crippen LogP contribution < -0.4 is 4.74 Å². The number of aromatic amines is 1. The normalized spacial score (nSPS) is 14.8. The van der Waals surface area contributed by atoms with Crippen molar-refractivity contribution < 1.29 is 9.13 Å². The van der Waals surface area contributed by atoms with Crippen molar-refractivity contribution in [2.45, 2.75) is 18.9 Å². The van der Waals surface area contributed by atoms with Gasteiger partial charge in [0.05, 0.1) is 7.11 Å². The van der Waals surface area contributed by atoms with Crippen LogP contribution in [-0.4, -0.2) is 21.9 Å². The van der Waals surface area contributed by atoms with Gasteiger partial charge in [0.2, 0.25) is 0 Å². The van der Waals surface area contributed by atoms with E-state index in [0.717, 1.165) is 24.2 Å². The van der Waals surface area contributed by atoms with E-state index in [1.165, 1.54) is 13.2 Å². The molecule has 3 rings (SSSR count). The summed E-state index contributed by atoms with van der Waals surface area (Å²) in [5, 5.41) is 7.01. The molecule has 1 heterocycles. The van der Waals surface area contributed by atoms with Crippen LogP contribution in [0.2, 0.25) is 0 Å². The van der Waals surface area contributed by atoms with Crippen molar-refractivity contribution in [3.05, 3.63) is 28.8 Å². The van der Waals surface area contributed by atoms with Crippen LogP contribution in [0, 0.1) is 10.6 Å². The number of nitrogens with zero attached hydrogens (tertiary/aromatic N) is 2. The molecular formula is C12H12FN3OS. The Morgan fingerprint density at radius 2 is 2.28 bits per heavy atom. The number of aromatic nitrogens is 3. The van der Waals surface area contributed by atoms with E-state index in [9.17, 15) is 4.39 Å². The second-order valence-corrected chi connectivity index (χ2v) is 4.69. The van der Waals surface area contributed by atoms with E-state index in [0.29, 0.717) is 10.8 Å². The minimum atomic E-state index is -0.381. The number of hydrogen-bond acceptors (Lipinski definition) is 3. The van der Waals surface area contributed by atoms with Crippen LogP contribution in [-0.2, 0) is 0 Å². The minimum Gasteiger partial charge on any atom is -0.494 e. The first-order chi connectivity index (χ1) is 8.70. The molecule has 1 aromatic carbocycles. The molecule has 0 aliphatic heterocycles. The first-order valence-corrected chi connectivity index (χ1v) is 6.12. The Labute approximate surface area is 108 Å². The Balaban J connectivity index is 2.12. The van der Waals surface area contributed by atoms with Gasteiger partial charge in [0.1, 0.15) is 0 Å². The van der Waals surface area contributed by atoms with Crippen LogP contribution in [0.25, 0.3) is 11.4 Å². The molecule has 0 unspecified atom stereocenters. The number of hydrogen-bond donors (Lipinski definition) is 1. The fourth-order valence-corrected chi connectivity index (χ4v) is 2.26. The highest BCUT2D eigenvalue weighted by atomic mass is 32.1. The van der Waals surface area contributed by atoms with Crippen molar-refractivity contribution in [2.75, 3.05) is 7.11 Å². The van der Waals surface area contributed by atoms with E-state index in [1.54, 1.807) is 12.1 Å². The molecule has 1 aliphatic rings. The third kappa shape index (κ3) is 1.82. The van der Waals surface area contributed by atoms with Gasteiger partial charge in [-0.1, -0.05) is 0 Å². The molecule has 1 N–H and O–H groups in total. The van der Waals surface area contributed by atoms with E-state index < -0.39 is 0 Å². The molecule has 1 fully saturated rings. The van der Waals surface area contributed by atoms with Crippen LogP contribution in [0.4, 0.5) is 4.39 Å². The van der Waals surface area contributed by atoms with Gasteiger partial charge in [0, 0.05) is 11.6 Å². The Morgan fingerprint density at radius 3 is 2.94 bits per heavy atom. The number of rotatable bonds is 3. The molecule has 0 amide bonds. The topological polar surface area (TPSA) is 42.8 Å². The lowest BCUT2D eigenvalue weighted by molar-refractivity contribution is 0.386. The Bertz CT molecular complexity index is 645. The summed E-state index contributed by atoms with van der Waals surface area (Å²) in [5.41, 5.74) is 0.799. The zero-order valence-electron chi connectivity index (χ0n) is 9.81. The second kappa shape index (κ2) is 4.20. The summed E-state index contributed by atoms with van der Waals surface area (Å²) in [6, 6.07) is 5.12. The zero-order valence-corrected chi connectivity index (χ0v) is 10.6. The van der Waals surface area contributed by atoms with Gasteiger partial charge < -0.3 is 4.74 Å². The Hall–Kier alpha value is -1.69. The number of nitrogens with one attached hydrogen (secondary N) is 1. The number of halogens is 1. The van der Waals surface area contributed by atoms with E-state index in [4.69, 9.17) is 17.0 Å². The summed E-state index contributed by atoms with van der Waals surface area (Å²) >= 11 is 5.22. The van der Waals surface area contributed by atoms with Crippen molar-refractivity contribution in [3.8, 4) is 17.1 Å². The predicted octanol–water partition coefficient (Wildman–Crippen LogP) is 3.09. The lowest BCUT2D eigenvalue weighted by Crippen LogP contribution is -1.98. The van der Waals surface area contributed by atoms with Crippen LogP contribution >= 0.6 is 12.2 Å². The molecule has 1 aliphatic carbocycles. The van der Waals surface area contributed by atoms with E-state index >= 15 is 0 Å². The SMILES string of the molecule is COc1cc(-c2n[nH]c(=S)n2C2CC2)ccc1F. The summed E-state index contributed by atoms with van der Waals surface area (Å²) in [7, 11) is 1.44. The highest BCUT2D eigenvalue weighted by Gasteiger charge is 2.27. The van der Waals surface area contributed by atoms with Crippen LogP contribution in [0.3, 0.4) is 0 Å². The summed E-state index contributed by atoms with van der Waals surface area (Å²) in [5.74, 6) is 0.568. The number of ether oxygens (including phenoxy) is 1. The summed E-state index contributed by atoms with van der Waals surface area (Å²) in [4.78, 5) is 0. The molecule has 0 atom stereocenters. The first-order valence-electron chi connectivity index (χ1n) is 5.71. The number of methoxy groups -OCH3 is 1. The average Bonchev–Trinajstić information content (AvgIpc) is 3.13. The predicted molar refractivity (Wildman–Crippen MR) is 67.6 cm³/mol. The van der Waals surface area contributed by atoms with Crippen LogP contribution in [0.1, 0.15) is 18.9 Å². The lowest BCUT2D eigenvalue weighted by atomic mass is 10.2. The van der Waals surface area contributed by atoms with E-state index in [2.05, 4.69) is 10.2 Å². The molecule has 1 saturated carbocycles. The minimum absolute atomic E-state index is 0.212. The molecular weight excluding hydrogens is 253 g/mol. The maximum absolute atomic E-state index is 13.4. The van der Waals surface area contributed by atoms with E-state index in [-0.39, 0.29) is 11.6 Å². The molecule has 4 nitrogen and oxygen atoms in total. The van der Waals surface area contributed by atoms with Gasteiger partial charge in [-0.15, -0.1) is 0 Å². The van der Waals surface area contributed by atoms with Crippen molar-refractivity contribution in [2.24, 2.45) is 0 Å². The second-order valence-electron chi connectivity index (χ2n) is 4.30. The highest BCUT2D eigenvalue weighted by molar-refractivity contribution is 7.71. The van der Waals surface area contributed by atoms with Crippen molar-refractivity contribution in [1.29, 1.82) is 0 Å². The Morgan fingerprint density at radius 1 is 1.50 bits per heavy atom. The molecule has 0 saturated heterocycles. The smallest absolute Gasteiger partial charge is 0.195 e. The molecule has 0 radical (unpaired) electrons. The zero-order chi connectivity index (χ0) is 12.7. The van der Waals surface area contributed by atoms with Crippen molar-refractivity contribution in [3.63, 3.8) is 0 Å². The monoisotopic (exact) mass is 265 g/mol. The summed E-state index contributed by atoms with van der Waals surface area (Å²) in [6.07, 6.45) is 2.22. The molecule has 0 bridgehead atoms. The molecule has 18 heavy (non-hydrogen) atoms. The largest absolute Gasteiger partial charge is 0.494 e. The van der Waals surface area contributed by atoms with E-state index in [1.807, 2.05) is 4.57 Å². The lowest BCUT2D eigenvalue weighted by Gasteiger charge is -2.07. The van der Waals surface area contributed by atoms with Gasteiger partial charge in [0.15, 0.2) is 22.2 Å². The number of benzene rings is 1. The van der Waals surface area contributed by atoms with Crippen LogP contribution in [0.15, 0.2) is 18.2 Å². The molecule has 2 aromatic rings. The fraction of sp³-hybridized carbons (Fsp3) is 0.333. The van der Waals surface area contributed by atoms with Gasteiger partial charge in [-0.2, -0.15) is 5.10 Å². The molecule has 0 spiro atoms. The average molecular weight is 265 g/mol. The first kappa shape index (κ1) is 11.4. The van der Waals surface area contributed by atoms with Gasteiger partial charge in [-0.25, -0.2) is 4.39 Å². The summed E-state index contributed by atoms with van der Waals surface area (Å²) < 4.78 is 21.0. The van der Waals surface area contributed by atoms with Gasteiger partial charge >= 0.3 is 0 Å². The summed E-state index contributed by atoms with van der Waals surface area (Å²) in [6.45, 7) is 0. The van der Waals surface area contributed by atoms with Gasteiger partial charge in [-0.3, -0.25) is 9.67 Å². The molecule has 1 aromatic heterocycles. The maximum Gasteiger partial charge on any atom is 0.195 e. The molecule has 6 heteroatoms. The quantitative estimate of drug-likeness (QED) is 0.867.